The SMILES string of the molecule is COC(=O)[C@]1(OC[C@H](NC(=O)[C@@H](CCCCCCCCCCC(C)C)OC(C)=O)[C@@H](/C=C/CCCCCCCCCC(C)C)OC(C)=O)O[C@H](CNC(C)=O)[C@@H](OC(C)=O)[C@H](OC(C)=O)[C@@H]1OC(C)=O. The molecule has 2 amide bonds. The lowest BCUT2D eigenvalue weighted by molar-refractivity contribution is -0.352. The number of hydrogen-bond donors (Lipinski definition) is 2. The third-order valence-electron chi connectivity index (χ3n) is 11.7. The summed E-state index contributed by atoms with van der Waals surface area (Å²) in [6, 6.07) is -1.36. The van der Waals surface area contributed by atoms with Crippen LogP contribution in [-0.2, 0) is 76.3 Å². The van der Waals surface area contributed by atoms with Gasteiger partial charge in [-0.25, -0.2) is 4.79 Å². The van der Waals surface area contributed by atoms with Crippen molar-refractivity contribution >= 4 is 47.6 Å². The van der Waals surface area contributed by atoms with E-state index in [2.05, 4.69) is 38.3 Å². The van der Waals surface area contributed by atoms with Crippen LogP contribution in [0, 0.1) is 11.8 Å². The molecule has 1 saturated heterocycles. The van der Waals surface area contributed by atoms with Gasteiger partial charge in [0.15, 0.2) is 18.3 Å². The fraction of sp³-hybridized carbons (Fsp3) is 0.808. The van der Waals surface area contributed by atoms with Crippen LogP contribution in [0.3, 0.4) is 0 Å². The minimum Gasteiger partial charge on any atom is -0.465 e. The van der Waals surface area contributed by atoms with Crippen LogP contribution in [0.5, 0.6) is 0 Å². The molecule has 1 rings (SSSR count). The lowest BCUT2D eigenvalue weighted by Gasteiger charge is -2.49. The van der Waals surface area contributed by atoms with Crippen LogP contribution in [-0.4, -0.2) is 116 Å². The molecular formula is C52H88N2O16. The van der Waals surface area contributed by atoms with Gasteiger partial charge in [-0.05, 0) is 43.6 Å². The monoisotopic (exact) mass is 997 g/mol. The number of carbonyl (C=O) groups is 8. The Bertz CT molecular complexity index is 1630. The van der Waals surface area contributed by atoms with E-state index in [-0.39, 0.29) is 6.42 Å². The van der Waals surface area contributed by atoms with Crippen molar-refractivity contribution in [3.8, 4) is 0 Å². The standard InChI is InChI=1S/C52H88N2O16/c1-35(2)29-25-21-17-13-12-14-19-23-27-31-44(65-38(6)56)43(54-50(61)45(66-39(7)57)32-28-24-20-16-15-18-22-26-30-36(3)4)34-64-52(51(62)63-11)49(69-42(10)60)48(68-41(9)59)47(67-40(8)58)46(70-52)33-53-37(5)55/h27,31,35-36,43-49H,12-26,28-30,32-34H2,1-11H3,(H,53,55)(H,54,61)/b31-27+/t43-,44+,45+,46+,47+,48-,49-,52+/m0/s1. The number of amides is 2. The Balaban J connectivity index is 3.69. The Morgan fingerprint density at radius 1 is 0.586 bits per heavy atom. The molecule has 2 N–H and O–H groups in total. The first kappa shape index (κ1) is 63.4. The van der Waals surface area contributed by atoms with Crippen LogP contribution in [0.2, 0.25) is 0 Å². The van der Waals surface area contributed by atoms with E-state index in [1.807, 2.05) is 6.08 Å². The van der Waals surface area contributed by atoms with Gasteiger partial charge >= 0.3 is 41.6 Å². The fourth-order valence-electron chi connectivity index (χ4n) is 8.29. The van der Waals surface area contributed by atoms with Crippen LogP contribution in [0.15, 0.2) is 12.2 Å². The summed E-state index contributed by atoms with van der Waals surface area (Å²) in [5, 5.41) is 5.33. The van der Waals surface area contributed by atoms with Gasteiger partial charge in [0.25, 0.3) is 5.91 Å². The topological polar surface area (TPSA) is 234 Å². The van der Waals surface area contributed by atoms with E-state index < -0.39 is 109 Å². The molecule has 402 valence electrons. The molecule has 0 aromatic carbocycles. The molecule has 0 unspecified atom stereocenters. The van der Waals surface area contributed by atoms with Crippen molar-refractivity contribution in [3.63, 3.8) is 0 Å². The molecule has 0 bridgehead atoms. The Hall–Kier alpha value is -4.58. The highest BCUT2D eigenvalue weighted by Gasteiger charge is 2.66. The van der Waals surface area contributed by atoms with Gasteiger partial charge < -0.3 is 48.5 Å². The summed E-state index contributed by atoms with van der Waals surface area (Å²) in [4.78, 5) is 104. The Labute approximate surface area is 417 Å². The van der Waals surface area contributed by atoms with E-state index >= 15 is 0 Å². The number of methoxy groups -OCH3 is 1. The molecule has 1 aliphatic heterocycles. The Kier molecular flexibility index (Phi) is 32.2. The van der Waals surface area contributed by atoms with Crippen molar-refractivity contribution in [2.75, 3.05) is 20.3 Å². The van der Waals surface area contributed by atoms with E-state index in [1.165, 1.54) is 65.7 Å². The van der Waals surface area contributed by atoms with E-state index in [0.717, 1.165) is 85.7 Å². The number of allylic oxidation sites excluding steroid dienone is 1. The van der Waals surface area contributed by atoms with Crippen molar-refractivity contribution < 1.29 is 76.3 Å². The quantitative estimate of drug-likeness (QED) is 0.0263. The molecule has 0 spiro atoms. The summed E-state index contributed by atoms with van der Waals surface area (Å²) in [5.74, 6) is -8.35. The van der Waals surface area contributed by atoms with E-state index in [4.69, 9.17) is 37.9 Å². The Morgan fingerprint density at radius 2 is 1.06 bits per heavy atom. The van der Waals surface area contributed by atoms with Crippen LogP contribution in [0.1, 0.15) is 191 Å². The van der Waals surface area contributed by atoms with Crippen LogP contribution < -0.4 is 10.6 Å². The second-order valence-corrected chi connectivity index (χ2v) is 19.2. The van der Waals surface area contributed by atoms with Gasteiger partial charge in [-0.15, -0.1) is 0 Å². The summed E-state index contributed by atoms with van der Waals surface area (Å²) in [5.41, 5.74) is 0. The third kappa shape index (κ3) is 26.6. The van der Waals surface area contributed by atoms with Crippen molar-refractivity contribution in [1.29, 1.82) is 0 Å². The molecule has 0 aliphatic carbocycles. The molecular weight excluding hydrogens is 909 g/mol. The molecule has 0 aromatic heterocycles. The van der Waals surface area contributed by atoms with Crippen LogP contribution >= 0.6 is 0 Å². The highest BCUT2D eigenvalue weighted by Crippen LogP contribution is 2.38. The predicted molar refractivity (Wildman–Crippen MR) is 260 cm³/mol. The van der Waals surface area contributed by atoms with Crippen molar-refractivity contribution in [3.05, 3.63) is 12.2 Å². The summed E-state index contributed by atoms with van der Waals surface area (Å²) in [7, 11) is 0.984. The zero-order valence-corrected chi connectivity index (χ0v) is 44.2. The van der Waals surface area contributed by atoms with Gasteiger partial charge in [0.1, 0.15) is 12.2 Å². The largest absolute Gasteiger partial charge is 0.465 e. The molecule has 18 nitrogen and oxygen atoms in total. The van der Waals surface area contributed by atoms with E-state index in [1.54, 1.807) is 6.08 Å². The lowest BCUT2D eigenvalue weighted by atomic mass is 9.90. The zero-order chi connectivity index (χ0) is 52.6. The van der Waals surface area contributed by atoms with Crippen molar-refractivity contribution in [2.24, 2.45) is 11.8 Å². The van der Waals surface area contributed by atoms with Gasteiger partial charge in [-0.3, -0.25) is 33.6 Å². The summed E-state index contributed by atoms with van der Waals surface area (Å²) in [6.07, 6.45) is 12.7. The maximum absolute atomic E-state index is 14.3. The van der Waals surface area contributed by atoms with Crippen molar-refractivity contribution in [2.45, 2.75) is 240 Å². The average molecular weight is 997 g/mol. The number of ether oxygens (including phenoxy) is 8. The van der Waals surface area contributed by atoms with E-state index in [0.29, 0.717) is 24.7 Å². The first-order valence-corrected chi connectivity index (χ1v) is 25.6. The number of rotatable bonds is 36. The highest BCUT2D eigenvalue weighted by atomic mass is 16.8. The minimum absolute atomic E-state index is 0.176. The molecule has 0 radical (unpaired) electrons. The molecule has 1 aliphatic rings. The average Bonchev–Trinajstić information content (AvgIpc) is 3.26. The first-order chi connectivity index (χ1) is 33.1. The molecule has 70 heavy (non-hydrogen) atoms. The summed E-state index contributed by atoms with van der Waals surface area (Å²) >= 11 is 0. The lowest BCUT2D eigenvalue weighted by Crippen LogP contribution is -2.72. The van der Waals surface area contributed by atoms with Crippen molar-refractivity contribution in [1.82, 2.24) is 10.6 Å². The maximum atomic E-state index is 14.3. The minimum atomic E-state index is -2.85. The smallest absolute Gasteiger partial charge is 0.370 e. The van der Waals surface area contributed by atoms with Gasteiger partial charge in [-0.2, -0.15) is 0 Å². The molecule has 18 heteroatoms. The normalized spacial score (nSPS) is 20.2. The van der Waals surface area contributed by atoms with Gasteiger partial charge in [0.05, 0.1) is 19.8 Å². The van der Waals surface area contributed by atoms with E-state index in [9.17, 15) is 38.4 Å². The predicted octanol–water partition coefficient (Wildman–Crippen LogP) is 7.83. The molecule has 8 atom stereocenters. The maximum Gasteiger partial charge on any atom is 0.370 e. The highest BCUT2D eigenvalue weighted by molar-refractivity contribution is 5.84. The molecule has 0 saturated carbocycles. The second-order valence-electron chi connectivity index (χ2n) is 19.2. The van der Waals surface area contributed by atoms with Crippen LogP contribution in [0.25, 0.3) is 0 Å². The number of carbonyl (C=O) groups excluding carboxylic acids is 8. The van der Waals surface area contributed by atoms with Gasteiger partial charge in [0.2, 0.25) is 12.0 Å². The molecule has 1 fully saturated rings. The molecule has 1 heterocycles. The Morgan fingerprint density at radius 3 is 1.51 bits per heavy atom. The summed E-state index contributed by atoms with van der Waals surface area (Å²) in [6.45, 7) is 14.4. The second kappa shape index (κ2) is 35.5. The number of esters is 6. The molecule has 0 aromatic rings. The van der Waals surface area contributed by atoms with Gasteiger partial charge in [-0.1, -0.05) is 130 Å². The number of unbranched alkanes of at least 4 members (excludes halogenated alkanes) is 14. The number of nitrogens with one attached hydrogen (secondary N) is 2. The zero-order valence-electron chi connectivity index (χ0n) is 44.2. The van der Waals surface area contributed by atoms with Gasteiger partial charge in [0, 0.05) is 48.1 Å². The summed E-state index contributed by atoms with van der Waals surface area (Å²) < 4.78 is 45.8. The third-order valence-corrected chi connectivity index (χ3v) is 11.7. The number of hydrogen-bond acceptors (Lipinski definition) is 16. The van der Waals surface area contributed by atoms with Crippen LogP contribution in [0.4, 0.5) is 0 Å². The fourth-order valence-corrected chi connectivity index (χ4v) is 8.29. The first-order valence-electron chi connectivity index (χ1n) is 25.6.